The number of nitrogens with zero attached hydrogens (tertiary/aromatic N) is 1. The first-order valence-electron chi connectivity index (χ1n) is 5.78. The lowest BCUT2D eigenvalue weighted by atomic mass is 10.2. The van der Waals surface area contributed by atoms with Gasteiger partial charge in [0.2, 0.25) is 5.75 Å². The maximum Gasteiger partial charge on any atom is 0.311 e. The normalized spacial score (nSPS) is 10.3. The van der Waals surface area contributed by atoms with Crippen molar-refractivity contribution in [1.29, 1.82) is 0 Å². The van der Waals surface area contributed by atoms with Crippen molar-refractivity contribution in [2.45, 2.75) is 12.8 Å². The zero-order valence-electron chi connectivity index (χ0n) is 10.6. The van der Waals surface area contributed by atoms with Crippen molar-refractivity contribution in [3.63, 3.8) is 0 Å². The second-order valence-electron chi connectivity index (χ2n) is 4.22. The van der Waals surface area contributed by atoms with E-state index in [1.807, 2.05) is 6.92 Å². The predicted molar refractivity (Wildman–Crippen MR) is 78.9 cm³/mol. The molecule has 0 heterocycles. The van der Waals surface area contributed by atoms with E-state index in [0.29, 0.717) is 16.3 Å². The maximum atomic E-state index is 11.0. The number of alkyl halides is 1. The maximum absolute atomic E-state index is 11.0. The van der Waals surface area contributed by atoms with Gasteiger partial charge in [0, 0.05) is 16.7 Å². The Labute approximate surface area is 126 Å². The third kappa shape index (κ3) is 3.21. The SMILES string of the molecule is Cc1ccc([N+](=O)[O-])c(Oc2ccc(Cl)cc2CCl)c1. The minimum absolute atomic E-state index is 0.0916. The summed E-state index contributed by atoms with van der Waals surface area (Å²) < 4.78 is 5.64. The van der Waals surface area contributed by atoms with Crippen LogP contribution < -0.4 is 4.74 Å². The molecule has 0 atom stereocenters. The van der Waals surface area contributed by atoms with Crippen molar-refractivity contribution >= 4 is 28.9 Å². The fourth-order valence-corrected chi connectivity index (χ4v) is 2.13. The average molecular weight is 312 g/mol. The molecular formula is C14H11Cl2NO3. The van der Waals surface area contributed by atoms with Crippen LogP contribution in [0.15, 0.2) is 36.4 Å². The summed E-state index contributed by atoms with van der Waals surface area (Å²) in [5.74, 6) is 0.844. The van der Waals surface area contributed by atoms with Gasteiger partial charge in [-0.3, -0.25) is 10.1 Å². The summed E-state index contributed by atoms with van der Waals surface area (Å²) in [4.78, 5) is 10.5. The Kier molecular flexibility index (Phi) is 4.47. The van der Waals surface area contributed by atoms with Crippen molar-refractivity contribution in [3.05, 3.63) is 62.7 Å². The lowest BCUT2D eigenvalue weighted by Gasteiger charge is -2.10. The standard InChI is InChI=1S/C14H11Cl2NO3/c1-9-2-4-12(17(18)19)14(6-9)20-13-5-3-11(16)7-10(13)8-15/h2-7H,8H2,1H3. The molecule has 0 unspecified atom stereocenters. The number of nitro benzene ring substituents is 1. The van der Waals surface area contributed by atoms with Crippen molar-refractivity contribution in [2.24, 2.45) is 0 Å². The molecule has 2 aromatic rings. The highest BCUT2D eigenvalue weighted by Crippen LogP contribution is 2.35. The summed E-state index contributed by atoms with van der Waals surface area (Å²) in [5.41, 5.74) is 1.45. The second kappa shape index (κ2) is 6.11. The Morgan fingerprint density at radius 1 is 1.20 bits per heavy atom. The number of benzene rings is 2. The minimum atomic E-state index is -0.481. The van der Waals surface area contributed by atoms with Gasteiger partial charge in [-0.2, -0.15) is 0 Å². The van der Waals surface area contributed by atoms with E-state index in [1.54, 1.807) is 30.3 Å². The van der Waals surface area contributed by atoms with Crippen molar-refractivity contribution in [2.75, 3.05) is 0 Å². The van der Waals surface area contributed by atoms with Crippen LogP contribution in [0.25, 0.3) is 0 Å². The molecule has 0 fully saturated rings. The van der Waals surface area contributed by atoms with Crippen LogP contribution in [0.5, 0.6) is 11.5 Å². The molecule has 6 heteroatoms. The third-order valence-corrected chi connectivity index (χ3v) is 3.22. The van der Waals surface area contributed by atoms with Gasteiger partial charge in [0.05, 0.1) is 10.8 Å². The van der Waals surface area contributed by atoms with E-state index >= 15 is 0 Å². The van der Waals surface area contributed by atoms with Gasteiger partial charge in [0.25, 0.3) is 0 Å². The van der Waals surface area contributed by atoms with E-state index in [2.05, 4.69) is 0 Å². The minimum Gasteiger partial charge on any atom is -0.450 e. The molecule has 0 saturated heterocycles. The summed E-state index contributed by atoms with van der Waals surface area (Å²) >= 11 is 11.7. The van der Waals surface area contributed by atoms with Gasteiger partial charge < -0.3 is 4.74 Å². The molecular weight excluding hydrogens is 301 g/mol. The van der Waals surface area contributed by atoms with Crippen LogP contribution in [0.4, 0.5) is 5.69 Å². The molecule has 0 N–H and O–H groups in total. The molecule has 0 radical (unpaired) electrons. The van der Waals surface area contributed by atoms with Gasteiger partial charge in [-0.15, -0.1) is 11.6 Å². The largest absolute Gasteiger partial charge is 0.450 e. The van der Waals surface area contributed by atoms with Crippen molar-refractivity contribution < 1.29 is 9.66 Å². The summed E-state index contributed by atoms with van der Waals surface area (Å²) in [5, 5.41) is 11.5. The monoisotopic (exact) mass is 311 g/mol. The van der Waals surface area contributed by atoms with Crippen LogP contribution >= 0.6 is 23.2 Å². The van der Waals surface area contributed by atoms with E-state index in [1.165, 1.54) is 6.07 Å². The Morgan fingerprint density at radius 3 is 2.60 bits per heavy atom. The fourth-order valence-electron chi connectivity index (χ4n) is 1.72. The first-order valence-corrected chi connectivity index (χ1v) is 6.70. The topological polar surface area (TPSA) is 52.4 Å². The number of ether oxygens (including phenoxy) is 1. The molecule has 0 aliphatic heterocycles. The van der Waals surface area contributed by atoms with Crippen LogP contribution in [0, 0.1) is 17.0 Å². The first-order chi connectivity index (χ1) is 9.51. The fraction of sp³-hybridized carbons (Fsp3) is 0.143. The lowest BCUT2D eigenvalue weighted by molar-refractivity contribution is -0.385. The average Bonchev–Trinajstić information content (AvgIpc) is 2.40. The summed E-state index contributed by atoms with van der Waals surface area (Å²) in [6, 6.07) is 9.66. The first kappa shape index (κ1) is 14.6. The lowest BCUT2D eigenvalue weighted by Crippen LogP contribution is -1.96. The summed E-state index contributed by atoms with van der Waals surface area (Å²) in [7, 11) is 0. The van der Waals surface area contributed by atoms with Gasteiger partial charge in [0.1, 0.15) is 5.75 Å². The number of hydrogen-bond donors (Lipinski definition) is 0. The number of nitro groups is 1. The van der Waals surface area contributed by atoms with Crippen LogP contribution in [-0.4, -0.2) is 4.92 Å². The predicted octanol–water partition coefficient (Wildman–Crippen LogP) is 5.09. The Balaban J connectivity index is 2.44. The highest BCUT2D eigenvalue weighted by Gasteiger charge is 2.17. The van der Waals surface area contributed by atoms with Crippen LogP contribution in [0.1, 0.15) is 11.1 Å². The highest BCUT2D eigenvalue weighted by molar-refractivity contribution is 6.30. The van der Waals surface area contributed by atoms with E-state index in [-0.39, 0.29) is 17.3 Å². The molecule has 0 spiro atoms. The van der Waals surface area contributed by atoms with Gasteiger partial charge in [0.15, 0.2) is 0 Å². The van der Waals surface area contributed by atoms with Crippen LogP contribution in [0.3, 0.4) is 0 Å². The van der Waals surface area contributed by atoms with Gasteiger partial charge in [-0.25, -0.2) is 0 Å². The van der Waals surface area contributed by atoms with E-state index in [9.17, 15) is 10.1 Å². The van der Waals surface area contributed by atoms with E-state index in [4.69, 9.17) is 27.9 Å². The molecule has 20 heavy (non-hydrogen) atoms. The molecule has 0 bridgehead atoms. The Bertz CT molecular complexity index is 659. The molecule has 0 amide bonds. The molecule has 0 aromatic heterocycles. The van der Waals surface area contributed by atoms with Gasteiger partial charge >= 0.3 is 5.69 Å². The molecule has 0 saturated carbocycles. The molecule has 2 rings (SSSR count). The van der Waals surface area contributed by atoms with Gasteiger partial charge in [-0.1, -0.05) is 17.7 Å². The molecule has 4 nitrogen and oxygen atoms in total. The van der Waals surface area contributed by atoms with E-state index < -0.39 is 4.92 Å². The zero-order valence-corrected chi connectivity index (χ0v) is 12.1. The zero-order chi connectivity index (χ0) is 14.7. The highest BCUT2D eigenvalue weighted by atomic mass is 35.5. The van der Waals surface area contributed by atoms with Gasteiger partial charge in [-0.05, 0) is 36.8 Å². The quantitative estimate of drug-likeness (QED) is 0.449. The Morgan fingerprint density at radius 2 is 1.95 bits per heavy atom. The molecule has 2 aromatic carbocycles. The van der Waals surface area contributed by atoms with Crippen LogP contribution in [0.2, 0.25) is 5.02 Å². The second-order valence-corrected chi connectivity index (χ2v) is 4.92. The van der Waals surface area contributed by atoms with Crippen LogP contribution in [-0.2, 0) is 5.88 Å². The Hall–Kier alpha value is -1.78. The number of hydrogen-bond acceptors (Lipinski definition) is 3. The molecule has 0 aliphatic carbocycles. The number of rotatable bonds is 4. The third-order valence-electron chi connectivity index (χ3n) is 2.70. The summed E-state index contributed by atoms with van der Waals surface area (Å²) in [6.45, 7) is 1.83. The van der Waals surface area contributed by atoms with E-state index in [0.717, 1.165) is 5.56 Å². The molecule has 0 aliphatic rings. The summed E-state index contributed by atoms with van der Waals surface area (Å²) in [6.07, 6.45) is 0. The number of halogens is 2. The van der Waals surface area contributed by atoms with Crippen molar-refractivity contribution in [3.8, 4) is 11.5 Å². The smallest absolute Gasteiger partial charge is 0.311 e. The van der Waals surface area contributed by atoms with Crippen molar-refractivity contribution in [1.82, 2.24) is 0 Å². The number of aryl methyl sites for hydroxylation is 1. The molecule has 104 valence electrons.